The highest BCUT2D eigenvalue weighted by Gasteiger charge is 2.30. The fourth-order valence-corrected chi connectivity index (χ4v) is 4.41. The van der Waals surface area contributed by atoms with Crippen molar-refractivity contribution in [2.45, 2.75) is 45.1 Å². The molecule has 2 aliphatic rings. The number of aromatic carboxylic acids is 1. The fraction of sp³-hybridized carbons (Fsp3) is 0.524. The van der Waals surface area contributed by atoms with Crippen LogP contribution in [0.25, 0.3) is 0 Å². The number of carbonyl (C=O) groups is 1. The molecule has 2 heterocycles. The van der Waals surface area contributed by atoms with Gasteiger partial charge >= 0.3 is 5.97 Å². The lowest BCUT2D eigenvalue weighted by Crippen LogP contribution is -2.35. The van der Waals surface area contributed by atoms with E-state index >= 15 is 0 Å². The third-order valence-electron chi connectivity index (χ3n) is 5.58. The van der Waals surface area contributed by atoms with Gasteiger partial charge in [0.15, 0.2) is 0 Å². The third-order valence-corrected chi connectivity index (χ3v) is 6.40. The predicted molar refractivity (Wildman–Crippen MR) is 106 cm³/mol. The molecule has 0 bridgehead atoms. The SMILES string of the molecule is Cc1nc(CN2CCC(COc3cc(F)c(C(=O)O)cc3C3CC3)CC2)cs1. The summed E-state index contributed by atoms with van der Waals surface area (Å²) in [6.07, 6.45) is 4.10. The normalized spacial score (nSPS) is 18.4. The van der Waals surface area contributed by atoms with Crippen LogP contribution in [0.1, 0.15) is 58.2 Å². The lowest BCUT2D eigenvalue weighted by Gasteiger charge is -2.31. The van der Waals surface area contributed by atoms with Crippen LogP contribution < -0.4 is 4.74 Å². The van der Waals surface area contributed by atoms with Crippen molar-refractivity contribution in [1.82, 2.24) is 9.88 Å². The van der Waals surface area contributed by atoms with E-state index in [1.54, 1.807) is 11.3 Å². The van der Waals surface area contributed by atoms with E-state index in [2.05, 4.69) is 15.3 Å². The summed E-state index contributed by atoms with van der Waals surface area (Å²) in [5, 5.41) is 12.4. The van der Waals surface area contributed by atoms with E-state index in [1.807, 2.05) is 6.92 Å². The summed E-state index contributed by atoms with van der Waals surface area (Å²) in [6, 6.07) is 2.72. The van der Waals surface area contributed by atoms with Gasteiger partial charge in [-0.05, 0) is 69.2 Å². The number of piperidine rings is 1. The van der Waals surface area contributed by atoms with Crippen molar-refractivity contribution in [3.05, 3.63) is 45.2 Å². The van der Waals surface area contributed by atoms with Gasteiger partial charge in [0.2, 0.25) is 0 Å². The molecule has 1 aromatic heterocycles. The monoisotopic (exact) mass is 404 g/mol. The molecule has 1 saturated heterocycles. The van der Waals surface area contributed by atoms with E-state index in [4.69, 9.17) is 9.84 Å². The molecule has 2 aromatic rings. The van der Waals surface area contributed by atoms with Gasteiger partial charge in [0.05, 0.1) is 22.9 Å². The lowest BCUT2D eigenvalue weighted by molar-refractivity contribution is 0.0691. The molecule has 4 rings (SSSR count). The minimum Gasteiger partial charge on any atom is -0.493 e. The number of ether oxygens (including phenoxy) is 1. The van der Waals surface area contributed by atoms with Crippen molar-refractivity contribution in [2.24, 2.45) is 5.92 Å². The molecule has 0 amide bonds. The number of carboxylic acid groups (broad SMARTS) is 1. The second-order valence-electron chi connectivity index (χ2n) is 7.84. The van der Waals surface area contributed by atoms with E-state index in [9.17, 15) is 9.18 Å². The quantitative estimate of drug-likeness (QED) is 0.738. The van der Waals surface area contributed by atoms with Crippen LogP contribution in [0, 0.1) is 18.7 Å². The standard InChI is InChI=1S/C21H25FN2O3S/c1-13-23-16(12-28-13)10-24-6-4-14(5-7-24)11-27-20-9-19(22)18(21(25)26)8-17(20)15-2-3-15/h8-9,12,14-15H,2-7,10-11H2,1H3,(H,25,26). The number of carboxylic acids is 1. The highest BCUT2D eigenvalue weighted by molar-refractivity contribution is 7.09. The zero-order valence-electron chi connectivity index (χ0n) is 16.0. The Morgan fingerprint density at radius 1 is 1.32 bits per heavy atom. The lowest BCUT2D eigenvalue weighted by atomic mass is 9.97. The van der Waals surface area contributed by atoms with Crippen LogP contribution in [0.3, 0.4) is 0 Å². The Morgan fingerprint density at radius 2 is 2.07 bits per heavy atom. The Bertz CT molecular complexity index is 857. The first-order valence-corrected chi connectivity index (χ1v) is 10.7. The zero-order chi connectivity index (χ0) is 19.7. The Morgan fingerprint density at radius 3 is 2.68 bits per heavy atom. The Labute approximate surface area is 168 Å². The zero-order valence-corrected chi connectivity index (χ0v) is 16.8. The number of aromatic nitrogens is 1. The van der Waals surface area contributed by atoms with Crippen molar-refractivity contribution in [3.63, 3.8) is 0 Å². The number of nitrogens with zero attached hydrogens (tertiary/aromatic N) is 2. The van der Waals surface area contributed by atoms with Crippen LogP contribution >= 0.6 is 11.3 Å². The maximum atomic E-state index is 14.1. The molecule has 0 radical (unpaired) electrons. The average molecular weight is 405 g/mol. The van der Waals surface area contributed by atoms with Crippen molar-refractivity contribution in [3.8, 4) is 5.75 Å². The van der Waals surface area contributed by atoms with E-state index < -0.39 is 11.8 Å². The van der Waals surface area contributed by atoms with Crippen molar-refractivity contribution in [2.75, 3.05) is 19.7 Å². The van der Waals surface area contributed by atoms with Gasteiger partial charge in [-0.25, -0.2) is 14.2 Å². The number of aryl methyl sites for hydroxylation is 1. The summed E-state index contributed by atoms with van der Waals surface area (Å²) in [7, 11) is 0. The van der Waals surface area contributed by atoms with Gasteiger partial charge < -0.3 is 9.84 Å². The molecule has 7 heteroatoms. The number of rotatable bonds is 7. The molecule has 0 atom stereocenters. The molecule has 1 aliphatic heterocycles. The minimum absolute atomic E-state index is 0.264. The largest absolute Gasteiger partial charge is 0.493 e. The van der Waals surface area contributed by atoms with Gasteiger partial charge in [0.25, 0.3) is 0 Å². The molecule has 0 spiro atoms. The number of thiazole rings is 1. The summed E-state index contributed by atoms with van der Waals surface area (Å²) in [5.41, 5.74) is 1.72. The van der Waals surface area contributed by atoms with Crippen LogP contribution in [0.4, 0.5) is 4.39 Å². The van der Waals surface area contributed by atoms with Crippen LogP contribution in [0.5, 0.6) is 5.75 Å². The highest BCUT2D eigenvalue weighted by Crippen LogP contribution is 2.45. The van der Waals surface area contributed by atoms with Gasteiger partial charge in [-0.2, -0.15) is 0 Å². The molecule has 5 nitrogen and oxygen atoms in total. The second-order valence-corrected chi connectivity index (χ2v) is 8.90. The summed E-state index contributed by atoms with van der Waals surface area (Å²) in [4.78, 5) is 18.2. The van der Waals surface area contributed by atoms with E-state index in [1.165, 1.54) is 12.1 Å². The molecular weight excluding hydrogens is 379 g/mol. The molecule has 1 aromatic carbocycles. The number of halogens is 1. The van der Waals surface area contributed by atoms with Gasteiger partial charge in [-0.1, -0.05) is 0 Å². The van der Waals surface area contributed by atoms with Crippen LogP contribution in [0.2, 0.25) is 0 Å². The van der Waals surface area contributed by atoms with Crippen molar-refractivity contribution >= 4 is 17.3 Å². The van der Waals surface area contributed by atoms with Crippen molar-refractivity contribution in [1.29, 1.82) is 0 Å². The molecule has 0 unspecified atom stereocenters. The first-order chi connectivity index (χ1) is 13.5. The first kappa shape index (κ1) is 19.3. The summed E-state index contributed by atoms with van der Waals surface area (Å²) >= 11 is 1.69. The molecule has 150 valence electrons. The Kier molecular flexibility index (Phi) is 5.64. The van der Waals surface area contributed by atoms with Gasteiger partial charge in [0.1, 0.15) is 11.6 Å². The summed E-state index contributed by atoms with van der Waals surface area (Å²) in [6.45, 7) is 5.49. The number of benzene rings is 1. The summed E-state index contributed by atoms with van der Waals surface area (Å²) in [5.74, 6) is -0.695. The van der Waals surface area contributed by atoms with Gasteiger partial charge in [0, 0.05) is 18.0 Å². The van der Waals surface area contributed by atoms with E-state index in [0.29, 0.717) is 24.2 Å². The fourth-order valence-electron chi connectivity index (χ4n) is 3.80. The Balaban J connectivity index is 1.33. The molecule has 1 aliphatic carbocycles. The van der Waals surface area contributed by atoms with Gasteiger partial charge in [-0.3, -0.25) is 4.90 Å². The van der Waals surface area contributed by atoms with E-state index in [0.717, 1.165) is 61.6 Å². The summed E-state index contributed by atoms with van der Waals surface area (Å²) < 4.78 is 20.1. The van der Waals surface area contributed by atoms with E-state index in [-0.39, 0.29) is 5.56 Å². The number of likely N-dealkylation sites (tertiary alicyclic amines) is 1. The van der Waals surface area contributed by atoms with Crippen LogP contribution in [-0.2, 0) is 6.54 Å². The third kappa shape index (κ3) is 4.52. The smallest absolute Gasteiger partial charge is 0.338 e. The average Bonchev–Trinajstić information content (AvgIpc) is 3.43. The second kappa shape index (κ2) is 8.17. The maximum absolute atomic E-state index is 14.1. The maximum Gasteiger partial charge on any atom is 0.338 e. The molecule has 28 heavy (non-hydrogen) atoms. The molecule has 1 saturated carbocycles. The predicted octanol–water partition coefficient (Wildman–Crippen LogP) is 4.46. The van der Waals surface area contributed by atoms with Gasteiger partial charge in [-0.15, -0.1) is 11.3 Å². The van der Waals surface area contributed by atoms with Crippen LogP contribution in [-0.4, -0.2) is 40.7 Å². The first-order valence-electron chi connectivity index (χ1n) is 9.82. The highest BCUT2D eigenvalue weighted by atomic mass is 32.1. The minimum atomic E-state index is -1.23. The van der Waals surface area contributed by atoms with Crippen molar-refractivity contribution < 1.29 is 19.0 Å². The Hall–Kier alpha value is -1.99. The molecule has 1 N–H and O–H groups in total. The number of hydrogen-bond acceptors (Lipinski definition) is 5. The molecule has 2 fully saturated rings. The van der Waals surface area contributed by atoms with Crippen LogP contribution in [0.15, 0.2) is 17.5 Å². The number of hydrogen-bond donors (Lipinski definition) is 1. The molecular formula is C21H25FN2O3S. The topological polar surface area (TPSA) is 62.7 Å².